The third-order valence-electron chi connectivity index (χ3n) is 7.11. The Morgan fingerprint density at radius 3 is 2.63 bits per heavy atom. The average molecular weight is 488 g/mol. The van der Waals surface area contributed by atoms with Crippen LogP contribution in [0.1, 0.15) is 84.6 Å². The molecular formula is C27H38FN3O4. The van der Waals surface area contributed by atoms with Crippen LogP contribution in [0.2, 0.25) is 0 Å². The Labute approximate surface area is 207 Å². The standard InChI is InChI=1S/C27H38FN3O4/c1-5-6-7-16-33-22-9-8-21-23(30-22)19(20(28)17-29-21)10-11-27-14-12-26(13-15-27,18-34-27)31-24(32)35-25(2,3)4/h8-9,17H,5-7,10-16,18H2,1-4H3,(H,31,32). The minimum Gasteiger partial charge on any atom is -0.478 e. The minimum absolute atomic E-state index is 0.312. The quantitative estimate of drug-likeness (QED) is 0.445. The smallest absolute Gasteiger partial charge is 0.408 e. The van der Waals surface area contributed by atoms with Crippen LogP contribution in [0.15, 0.2) is 18.3 Å². The zero-order valence-corrected chi connectivity index (χ0v) is 21.4. The molecule has 35 heavy (non-hydrogen) atoms. The molecule has 1 N–H and O–H groups in total. The zero-order valence-electron chi connectivity index (χ0n) is 21.4. The van der Waals surface area contributed by atoms with Crippen molar-refractivity contribution in [3.05, 3.63) is 29.7 Å². The Bertz CT molecular complexity index is 1030. The minimum atomic E-state index is -0.541. The number of unbranched alkanes of at least 4 members (excludes halogenated alkanes) is 2. The van der Waals surface area contributed by atoms with Gasteiger partial charge in [0, 0.05) is 11.6 Å². The van der Waals surface area contributed by atoms with Gasteiger partial charge in [0.1, 0.15) is 11.4 Å². The van der Waals surface area contributed by atoms with Gasteiger partial charge in [-0.25, -0.2) is 14.2 Å². The van der Waals surface area contributed by atoms with Crippen LogP contribution in [0, 0.1) is 5.82 Å². The van der Waals surface area contributed by atoms with E-state index in [4.69, 9.17) is 14.2 Å². The molecule has 1 aliphatic carbocycles. The number of carbonyl (C=O) groups excluding carboxylic acids is 1. The number of pyridine rings is 2. The van der Waals surface area contributed by atoms with E-state index in [1.54, 1.807) is 6.07 Å². The average Bonchev–Trinajstić information content (AvgIpc) is 2.81. The normalized spacial score (nSPS) is 23.9. The molecule has 0 atom stereocenters. The van der Waals surface area contributed by atoms with E-state index in [1.807, 2.05) is 26.8 Å². The van der Waals surface area contributed by atoms with E-state index in [0.29, 0.717) is 48.5 Å². The number of alkyl carbamates (subject to hydrolysis) is 1. The van der Waals surface area contributed by atoms with E-state index in [-0.39, 0.29) is 17.0 Å². The van der Waals surface area contributed by atoms with Crippen LogP contribution >= 0.6 is 0 Å². The number of aryl methyl sites for hydroxylation is 1. The lowest BCUT2D eigenvalue weighted by Gasteiger charge is -2.53. The fourth-order valence-corrected chi connectivity index (χ4v) is 5.04. The summed E-state index contributed by atoms with van der Waals surface area (Å²) in [7, 11) is 0. The number of aromatic nitrogens is 2. The van der Waals surface area contributed by atoms with Crippen molar-refractivity contribution < 1.29 is 23.4 Å². The van der Waals surface area contributed by atoms with E-state index >= 15 is 0 Å². The van der Waals surface area contributed by atoms with Crippen LogP contribution in [0.3, 0.4) is 0 Å². The Morgan fingerprint density at radius 1 is 1.20 bits per heavy atom. The van der Waals surface area contributed by atoms with Gasteiger partial charge < -0.3 is 19.5 Å². The molecule has 192 valence electrons. The first-order chi connectivity index (χ1) is 16.6. The Morgan fingerprint density at radius 2 is 1.97 bits per heavy atom. The summed E-state index contributed by atoms with van der Waals surface area (Å²) in [5.74, 6) is 0.155. The van der Waals surface area contributed by atoms with Gasteiger partial charge in [-0.15, -0.1) is 0 Å². The van der Waals surface area contributed by atoms with Crippen LogP contribution < -0.4 is 10.1 Å². The van der Waals surface area contributed by atoms with Crippen molar-refractivity contribution in [2.24, 2.45) is 0 Å². The molecule has 0 aromatic carbocycles. The predicted octanol–water partition coefficient (Wildman–Crippen LogP) is 5.88. The highest BCUT2D eigenvalue weighted by molar-refractivity contribution is 5.78. The second-order valence-electron chi connectivity index (χ2n) is 11.0. The second-order valence-corrected chi connectivity index (χ2v) is 11.0. The molecule has 2 saturated heterocycles. The van der Waals surface area contributed by atoms with E-state index in [9.17, 15) is 9.18 Å². The van der Waals surface area contributed by atoms with Gasteiger partial charge in [-0.05, 0) is 71.8 Å². The Kier molecular flexibility index (Phi) is 7.50. The molecule has 2 bridgehead atoms. The molecule has 2 aromatic rings. The van der Waals surface area contributed by atoms with Crippen molar-refractivity contribution in [1.29, 1.82) is 0 Å². The van der Waals surface area contributed by atoms with Gasteiger partial charge >= 0.3 is 6.09 Å². The van der Waals surface area contributed by atoms with E-state index < -0.39 is 11.7 Å². The van der Waals surface area contributed by atoms with Gasteiger partial charge in [-0.1, -0.05) is 19.8 Å². The first-order valence-corrected chi connectivity index (χ1v) is 12.8. The molecule has 0 spiro atoms. The van der Waals surface area contributed by atoms with Crippen LogP contribution in [0.25, 0.3) is 11.0 Å². The largest absolute Gasteiger partial charge is 0.478 e. The van der Waals surface area contributed by atoms with E-state index in [2.05, 4.69) is 22.2 Å². The fourth-order valence-electron chi connectivity index (χ4n) is 5.04. The number of halogens is 1. The lowest BCUT2D eigenvalue weighted by atomic mass is 9.69. The highest BCUT2D eigenvalue weighted by Crippen LogP contribution is 2.46. The van der Waals surface area contributed by atoms with Gasteiger partial charge in [-0.3, -0.25) is 4.98 Å². The first kappa shape index (κ1) is 25.6. The Hall–Kier alpha value is -2.48. The molecule has 5 rings (SSSR count). The summed E-state index contributed by atoms with van der Waals surface area (Å²) in [5.41, 5.74) is 0.537. The lowest BCUT2D eigenvalue weighted by molar-refractivity contribution is -0.163. The van der Waals surface area contributed by atoms with Crippen molar-refractivity contribution in [2.75, 3.05) is 13.2 Å². The third kappa shape index (κ3) is 6.21. The van der Waals surface area contributed by atoms with Crippen LogP contribution in [-0.2, 0) is 15.9 Å². The molecular weight excluding hydrogens is 449 g/mol. The van der Waals surface area contributed by atoms with Crippen LogP contribution in [0.4, 0.5) is 9.18 Å². The zero-order chi connectivity index (χ0) is 25.1. The monoisotopic (exact) mass is 487 g/mol. The molecule has 4 heterocycles. The fraction of sp³-hybridized carbons (Fsp3) is 0.667. The van der Waals surface area contributed by atoms with Crippen molar-refractivity contribution >= 4 is 17.1 Å². The van der Waals surface area contributed by atoms with Gasteiger partial charge in [-0.2, -0.15) is 0 Å². The maximum Gasteiger partial charge on any atom is 0.408 e. The number of rotatable bonds is 9. The van der Waals surface area contributed by atoms with Gasteiger partial charge in [0.15, 0.2) is 0 Å². The summed E-state index contributed by atoms with van der Waals surface area (Å²) in [5, 5.41) is 3.05. The number of amides is 1. The summed E-state index contributed by atoms with van der Waals surface area (Å²) < 4.78 is 32.4. The molecule has 3 aliphatic rings. The van der Waals surface area contributed by atoms with Crippen molar-refractivity contribution in [3.8, 4) is 5.88 Å². The number of carbonyl (C=O) groups is 1. The van der Waals surface area contributed by atoms with Crippen molar-refractivity contribution in [2.45, 2.75) is 102 Å². The molecule has 7 nitrogen and oxygen atoms in total. The molecule has 0 unspecified atom stereocenters. The summed E-state index contributed by atoms with van der Waals surface area (Å²) in [4.78, 5) is 21.2. The first-order valence-electron chi connectivity index (χ1n) is 12.8. The van der Waals surface area contributed by atoms with Gasteiger partial charge in [0.2, 0.25) is 5.88 Å². The predicted molar refractivity (Wildman–Crippen MR) is 132 cm³/mol. The molecule has 0 radical (unpaired) electrons. The maximum absolute atomic E-state index is 14.9. The lowest BCUT2D eigenvalue weighted by Crippen LogP contribution is -2.63. The van der Waals surface area contributed by atoms with Gasteiger partial charge in [0.25, 0.3) is 0 Å². The summed E-state index contributed by atoms with van der Waals surface area (Å²) in [6.07, 6.45) is 8.52. The topological polar surface area (TPSA) is 82.6 Å². The number of nitrogens with one attached hydrogen (secondary N) is 1. The van der Waals surface area contributed by atoms with Crippen molar-refractivity contribution in [1.82, 2.24) is 15.3 Å². The number of hydrogen-bond donors (Lipinski definition) is 1. The number of nitrogens with zero attached hydrogens (tertiary/aromatic N) is 2. The highest BCUT2D eigenvalue weighted by Gasteiger charge is 2.50. The van der Waals surface area contributed by atoms with Crippen molar-refractivity contribution in [3.63, 3.8) is 0 Å². The molecule has 1 saturated carbocycles. The van der Waals surface area contributed by atoms with Gasteiger partial charge in [0.05, 0.1) is 41.6 Å². The molecule has 8 heteroatoms. The summed E-state index contributed by atoms with van der Waals surface area (Å²) in [6, 6.07) is 3.64. The van der Waals surface area contributed by atoms with Crippen LogP contribution in [0.5, 0.6) is 5.88 Å². The van der Waals surface area contributed by atoms with E-state index in [1.165, 1.54) is 6.20 Å². The third-order valence-corrected chi connectivity index (χ3v) is 7.11. The molecule has 3 fully saturated rings. The number of hydrogen-bond acceptors (Lipinski definition) is 6. The summed E-state index contributed by atoms with van der Waals surface area (Å²) >= 11 is 0. The molecule has 2 aromatic heterocycles. The Balaban J connectivity index is 1.41. The summed E-state index contributed by atoms with van der Waals surface area (Å²) in [6.45, 7) is 8.75. The SMILES string of the molecule is CCCCCOc1ccc2ncc(F)c(CCC34CCC(NC(=O)OC(C)(C)C)(CC3)CO4)c2n1. The number of ether oxygens (including phenoxy) is 3. The highest BCUT2D eigenvalue weighted by atomic mass is 19.1. The molecule has 2 aliphatic heterocycles. The second kappa shape index (κ2) is 10.2. The van der Waals surface area contributed by atoms with E-state index in [0.717, 1.165) is 44.9 Å². The maximum atomic E-state index is 14.9. The molecule has 1 amide bonds. The van der Waals surface area contributed by atoms with Crippen LogP contribution in [-0.4, -0.2) is 46.0 Å². The number of fused-ring (bicyclic) bond motifs is 4.